The van der Waals surface area contributed by atoms with Gasteiger partial charge in [0.2, 0.25) is 0 Å². The van der Waals surface area contributed by atoms with Crippen molar-refractivity contribution in [1.82, 2.24) is 4.98 Å². The lowest BCUT2D eigenvalue weighted by Crippen LogP contribution is -2.26. The molecule has 1 amide bonds. The summed E-state index contributed by atoms with van der Waals surface area (Å²) in [4.78, 5) is 19.1. The van der Waals surface area contributed by atoms with Gasteiger partial charge in [0.1, 0.15) is 5.03 Å². The molecule has 0 radical (unpaired) electrons. The molecule has 1 aliphatic heterocycles. The van der Waals surface area contributed by atoms with Crippen LogP contribution >= 0.6 is 11.8 Å². The highest BCUT2D eigenvalue weighted by molar-refractivity contribution is 7.99. The number of rotatable bonds is 0. The Hall–Kier alpha value is -2.32. The Morgan fingerprint density at radius 1 is 1.37 bits per heavy atom. The summed E-state index contributed by atoms with van der Waals surface area (Å²) in [5.41, 5.74) is 1.93. The van der Waals surface area contributed by atoms with E-state index in [1.54, 1.807) is 42.4 Å². The van der Waals surface area contributed by atoms with Crippen LogP contribution in [0.4, 0.5) is 5.69 Å². The predicted octanol–water partition coefficient (Wildman–Crippen LogP) is 2.69. The van der Waals surface area contributed by atoms with Crippen molar-refractivity contribution < 1.29 is 4.79 Å². The number of nitrogens with zero attached hydrogens (tertiary/aromatic N) is 3. The summed E-state index contributed by atoms with van der Waals surface area (Å²) >= 11 is 1.42. The molecule has 0 fully saturated rings. The standard InChI is InChI=1S/C14H9N3OS/c1-17-11-3-2-6-16-13(11)19-12-7-9(8-15)4-5-10(12)14(17)18/h2-7H,1H3. The van der Waals surface area contributed by atoms with E-state index in [2.05, 4.69) is 11.1 Å². The quantitative estimate of drug-likeness (QED) is 0.736. The molecule has 2 aromatic rings. The molecule has 4 nitrogen and oxygen atoms in total. The Morgan fingerprint density at radius 3 is 3.00 bits per heavy atom. The zero-order valence-corrected chi connectivity index (χ0v) is 10.9. The van der Waals surface area contributed by atoms with Crippen LogP contribution in [-0.4, -0.2) is 17.9 Å². The first-order chi connectivity index (χ1) is 9.20. The molecule has 0 saturated carbocycles. The summed E-state index contributed by atoms with van der Waals surface area (Å²) in [7, 11) is 1.73. The molecule has 2 heterocycles. The van der Waals surface area contributed by atoms with Crippen molar-refractivity contribution in [1.29, 1.82) is 5.26 Å². The smallest absolute Gasteiger partial charge is 0.259 e. The van der Waals surface area contributed by atoms with E-state index in [1.807, 2.05) is 6.07 Å². The van der Waals surface area contributed by atoms with Crippen LogP contribution in [0, 0.1) is 11.3 Å². The molecule has 0 spiro atoms. The van der Waals surface area contributed by atoms with E-state index in [0.29, 0.717) is 11.1 Å². The van der Waals surface area contributed by atoms with E-state index >= 15 is 0 Å². The number of nitriles is 1. The number of carbonyl (C=O) groups excluding carboxylic acids is 1. The minimum atomic E-state index is -0.0845. The Kier molecular flexibility index (Phi) is 2.73. The highest BCUT2D eigenvalue weighted by Gasteiger charge is 2.25. The monoisotopic (exact) mass is 267 g/mol. The highest BCUT2D eigenvalue weighted by Crippen LogP contribution is 2.39. The van der Waals surface area contributed by atoms with Gasteiger partial charge in [0.25, 0.3) is 5.91 Å². The highest BCUT2D eigenvalue weighted by atomic mass is 32.2. The maximum Gasteiger partial charge on any atom is 0.259 e. The number of amides is 1. The van der Waals surface area contributed by atoms with Crippen molar-refractivity contribution >= 4 is 23.4 Å². The summed E-state index contributed by atoms with van der Waals surface area (Å²) in [6.07, 6.45) is 1.70. The van der Waals surface area contributed by atoms with Gasteiger partial charge in [0, 0.05) is 18.1 Å². The summed E-state index contributed by atoms with van der Waals surface area (Å²) in [6, 6.07) is 10.9. The van der Waals surface area contributed by atoms with E-state index in [-0.39, 0.29) is 5.91 Å². The number of carbonyl (C=O) groups is 1. The Balaban J connectivity index is 2.23. The normalized spacial score (nSPS) is 13.3. The van der Waals surface area contributed by atoms with E-state index in [9.17, 15) is 4.79 Å². The Morgan fingerprint density at radius 2 is 2.21 bits per heavy atom. The summed E-state index contributed by atoms with van der Waals surface area (Å²) in [6.45, 7) is 0. The number of hydrogen-bond donors (Lipinski definition) is 0. The van der Waals surface area contributed by atoms with Gasteiger partial charge in [-0.15, -0.1) is 0 Å². The molecular weight excluding hydrogens is 258 g/mol. The van der Waals surface area contributed by atoms with Crippen LogP contribution in [0.1, 0.15) is 15.9 Å². The van der Waals surface area contributed by atoms with Gasteiger partial charge in [-0.2, -0.15) is 5.26 Å². The van der Waals surface area contributed by atoms with E-state index in [4.69, 9.17) is 5.26 Å². The minimum Gasteiger partial charge on any atom is -0.309 e. The molecule has 1 aromatic heterocycles. The van der Waals surface area contributed by atoms with Gasteiger partial charge in [-0.1, -0.05) is 11.8 Å². The molecular formula is C14H9N3OS. The van der Waals surface area contributed by atoms with E-state index < -0.39 is 0 Å². The Labute approximate surface area is 114 Å². The first kappa shape index (κ1) is 11.8. The van der Waals surface area contributed by atoms with Crippen LogP contribution < -0.4 is 4.90 Å². The van der Waals surface area contributed by atoms with E-state index in [0.717, 1.165) is 15.6 Å². The first-order valence-corrected chi connectivity index (χ1v) is 6.47. The lowest BCUT2D eigenvalue weighted by atomic mass is 10.1. The third-order valence-electron chi connectivity index (χ3n) is 2.96. The van der Waals surface area contributed by atoms with Crippen LogP contribution in [0.2, 0.25) is 0 Å². The van der Waals surface area contributed by atoms with Crippen molar-refractivity contribution in [2.24, 2.45) is 0 Å². The molecule has 1 aliphatic rings. The number of hydrogen-bond acceptors (Lipinski definition) is 4. The molecule has 0 aliphatic carbocycles. The lowest BCUT2D eigenvalue weighted by molar-refractivity contribution is 0.0990. The molecule has 0 saturated heterocycles. The second-order valence-electron chi connectivity index (χ2n) is 4.12. The summed E-state index contributed by atoms with van der Waals surface area (Å²) in [5, 5.41) is 9.72. The fourth-order valence-corrected chi connectivity index (χ4v) is 3.05. The van der Waals surface area contributed by atoms with Crippen molar-refractivity contribution in [3.8, 4) is 6.07 Å². The molecule has 3 rings (SSSR count). The third kappa shape index (κ3) is 1.86. The van der Waals surface area contributed by atoms with Gasteiger partial charge in [-0.25, -0.2) is 4.98 Å². The van der Waals surface area contributed by atoms with Crippen LogP contribution in [0.25, 0.3) is 0 Å². The van der Waals surface area contributed by atoms with Crippen molar-refractivity contribution in [2.75, 3.05) is 11.9 Å². The fourth-order valence-electron chi connectivity index (χ4n) is 1.96. The summed E-state index contributed by atoms with van der Waals surface area (Å²) < 4.78 is 0. The van der Waals surface area contributed by atoms with Gasteiger partial charge in [0.15, 0.2) is 0 Å². The maximum absolute atomic E-state index is 12.4. The molecule has 5 heteroatoms. The SMILES string of the molecule is CN1C(=O)c2ccc(C#N)cc2Sc2ncccc21. The van der Waals surface area contributed by atoms with E-state index in [1.165, 1.54) is 11.8 Å². The van der Waals surface area contributed by atoms with Gasteiger partial charge in [-0.05, 0) is 30.3 Å². The lowest BCUT2D eigenvalue weighted by Gasteiger charge is -2.16. The first-order valence-electron chi connectivity index (χ1n) is 5.66. The molecule has 0 atom stereocenters. The number of aromatic nitrogens is 1. The van der Waals surface area contributed by atoms with Gasteiger partial charge in [-0.3, -0.25) is 4.79 Å². The maximum atomic E-state index is 12.4. The average Bonchev–Trinajstić information content (AvgIpc) is 2.55. The predicted molar refractivity (Wildman–Crippen MR) is 72.3 cm³/mol. The molecule has 1 aromatic carbocycles. The summed E-state index contributed by atoms with van der Waals surface area (Å²) in [5.74, 6) is -0.0845. The Bertz CT molecular complexity index is 721. The zero-order valence-electron chi connectivity index (χ0n) is 10.1. The van der Waals surface area contributed by atoms with Crippen LogP contribution in [0.5, 0.6) is 0 Å². The number of anilines is 1. The van der Waals surface area contributed by atoms with Gasteiger partial charge in [0.05, 0.1) is 22.9 Å². The van der Waals surface area contributed by atoms with Crippen molar-refractivity contribution in [3.05, 3.63) is 47.7 Å². The second kappa shape index (κ2) is 4.41. The van der Waals surface area contributed by atoms with Gasteiger partial charge >= 0.3 is 0 Å². The minimum absolute atomic E-state index is 0.0845. The molecule has 0 unspecified atom stereocenters. The average molecular weight is 267 g/mol. The number of benzene rings is 1. The van der Waals surface area contributed by atoms with Crippen LogP contribution in [-0.2, 0) is 0 Å². The second-order valence-corrected chi connectivity index (χ2v) is 5.15. The number of fused-ring (bicyclic) bond motifs is 2. The molecule has 92 valence electrons. The zero-order chi connectivity index (χ0) is 13.4. The fraction of sp³-hybridized carbons (Fsp3) is 0.0714. The molecule has 0 N–H and O–H groups in total. The van der Waals surface area contributed by atoms with Crippen molar-refractivity contribution in [3.63, 3.8) is 0 Å². The molecule has 19 heavy (non-hydrogen) atoms. The molecule has 0 bridgehead atoms. The van der Waals surface area contributed by atoms with Crippen molar-refractivity contribution in [2.45, 2.75) is 9.92 Å². The number of pyridine rings is 1. The van der Waals surface area contributed by atoms with Gasteiger partial charge < -0.3 is 4.90 Å². The largest absolute Gasteiger partial charge is 0.309 e. The topological polar surface area (TPSA) is 57.0 Å². The van der Waals surface area contributed by atoms with Crippen LogP contribution in [0.3, 0.4) is 0 Å². The van der Waals surface area contributed by atoms with Crippen LogP contribution in [0.15, 0.2) is 46.5 Å². The third-order valence-corrected chi connectivity index (χ3v) is 4.03.